The second-order valence-electron chi connectivity index (χ2n) is 4.49. The number of hydrogen-bond donors (Lipinski definition) is 1. The summed E-state index contributed by atoms with van der Waals surface area (Å²) in [5, 5.41) is 0. The number of carbonyl (C=O) groups excluding carboxylic acids is 1. The fraction of sp³-hybridized carbons (Fsp3) is 0.417. The summed E-state index contributed by atoms with van der Waals surface area (Å²) < 4.78 is 1.03. The van der Waals surface area contributed by atoms with Crippen LogP contribution in [0.1, 0.15) is 6.42 Å². The van der Waals surface area contributed by atoms with Gasteiger partial charge in [0, 0.05) is 22.6 Å². The second kappa shape index (κ2) is 3.57. The number of piperidine rings is 1. The van der Waals surface area contributed by atoms with Crippen molar-refractivity contribution in [2.75, 3.05) is 11.4 Å². The number of halogens is 1. The largest absolute Gasteiger partial charge is 0.328 e. The molecule has 1 amide bonds. The lowest BCUT2D eigenvalue weighted by molar-refractivity contribution is -0.118. The maximum absolute atomic E-state index is 12.1. The molecule has 16 heavy (non-hydrogen) atoms. The minimum atomic E-state index is 0.207. The summed E-state index contributed by atoms with van der Waals surface area (Å²) >= 11 is 3.39. The first-order chi connectivity index (χ1) is 7.72. The highest BCUT2D eigenvalue weighted by atomic mass is 79.9. The minimum Gasteiger partial charge on any atom is -0.328 e. The summed E-state index contributed by atoms with van der Waals surface area (Å²) in [6.07, 6.45) is 1.04. The highest BCUT2D eigenvalue weighted by Crippen LogP contribution is 2.51. The van der Waals surface area contributed by atoms with Crippen molar-refractivity contribution >= 4 is 27.5 Å². The zero-order valence-electron chi connectivity index (χ0n) is 8.77. The molecular weight excluding hydrogens is 268 g/mol. The molecule has 2 fully saturated rings. The van der Waals surface area contributed by atoms with Gasteiger partial charge in [0.2, 0.25) is 5.91 Å². The van der Waals surface area contributed by atoms with Gasteiger partial charge >= 0.3 is 0 Å². The van der Waals surface area contributed by atoms with E-state index in [2.05, 4.69) is 15.9 Å². The monoisotopic (exact) mass is 280 g/mol. The van der Waals surface area contributed by atoms with Gasteiger partial charge in [-0.25, -0.2) is 0 Å². The fourth-order valence-electron chi connectivity index (χ4n) is 2.66. The van der Waals surface area contributed by atoms with E-state index in [-0.39, 0.29) is 17.9 Å². The SMILES string of the molecule is NCC1C2CC2C(=O)N1c1ccc(Br)cc1. The van der Waals surface area contributed by atoms with E-state index in [9.17, 15) is 4.79 Å². The molecule has 0 bridgehead atoms. The molecular formula is C12H13BrN2O. The lowest BCUT2D eigenvalue weighted by Gasteiger charge is -2.26. The molecule has 3 atom stereocenters. The molecule has 1 heterocycles. The molecule has 0 radical (unpaired) electrons. The van der Waals surface area contributed by atoms with E-state index in [1.165, 1.54) is 0 Å². The number of carbonyl (C=O) groups is 1. The Morgan fingerprint density at radius 3 is 2.69 bits per heavy atom. The third-order valence-electron chi connectivity index (χ3n) is 3.57. The number of rotatable bonds is 2. The van der Waals surface area contributed by atoms with Gasteiger partial charge in [0.15, 0.2) is 0 Å². The van der Waals surface area contributed by atoms with Gasteiger partial charge < -0.3 is 10.6 Å². The Morgan fingerprint density at radius 1 is 1.38 bits per heavy atom. The van der Waals surface area contributed by atoms with E-state index < -0.39 is 0 Å². The van der Waals surface area contributed by atoms with E-state index >= 15 is 0 Å². The van der Waals surface area contributed by atoms with Crippen LogP contribution in [-0.2, 0) is 4.79 Å². The molecule has 1 aliphatic carbocycles. The summed E-state index contributed by atoms with van der Waals surface area (Å²) in [5.74, 6) is 1.00. The molecule has 84 valence electrons. The zero-order valence-corrected chi connectivity index (χ0v) is 10.4. The molecule has 0 aromatic heterocycles. The van der Waals surface area contributed by atoms with Gasteiger partial charge in [-0.1, -0.05) is 15.9 Å². The number of nitrogens with two attached hydrogens (primary N) is 1. The lowest BCUT2D eigenvalue weighted by atomic mass is 10.1. The number of benzene rings is 1. The van der Waals surface area contributed by atoms with Crippen LogP contribution in [0.15, 0.2) is 28.7 Å². The van der Waals surface area contributed by atoms with Crippen LogP contribution in [0.3, 0.4) is 0 Å². The van der Waals surface area contributed by atoms with E-state index in [0.29, 0.717) is 12.5 Å². The fourth-order valence-corrected chi connectivity index (χ4v) is 2.92. The van der Waals surface area contributed by atoms with Crippen LogP contribution >= 0.6 is 15.9 Å². The van der Waals surface area contributed by atoms with Gasteiger partial charge in [-0.2, -0.15) is 0 Å². The van der Waals surface area contributed by atoms with E-state index in [4.69, 9.17) is 5.73 Å². The Balaban J connectivity index is 1.94. The quantitative estimate of drug-likeness (QED) is 0.897. The molecule has 0 spiro atoms. The van der Waals surface area contributed by atoms with Crippen LogP contribution in [0.4, 0.5) is 5.69 Å². The highest BCUT2D eigenvalue weighted by Gasteiger charge is 2.58. The third kappa shape index (κ3) is 1.40. The molecule has 2 N–H and O–H groups in total. The van der Waals surface area contributed by atoms with Crippen LogP contribution in [-0.4, -0.2) is 18.5 Å². The number of nitrogens with zero attached hydrogens (tertiary/aromatic N) is 1. The summed E-state index contributed by atoms with van der Waals surface area (Å²) in [7, 11) is 0. The van der Waals surface area contributed by atoms with Crippen molar-refractivity contribution in [3.63, 3.8) is 0 Å². The Kier molecular flexibility index (Phi) is 2.30. The van der Waals surface area contributed by atoms with Crippen LogP contribution < -0.4 is 10.6 Å². The molecule has 2 aliphatic rings. The van der Waals surface area contributed by atoms with Crippen molar-refractivity contribution in [1.29, 1.82) is 0 Å². The standard InChI is InChI=1S/C12H13BrN2O/c13-7-1-3-8(4-2-7)15-11(6-14)9-5-10(9)12(15)16/h1-4,9-11H,5-6,14H2. The maximum atomic E-state index is 12.1. The first-order valence-electron chi connectivity index (χ1n) is 5.51. The van der Waals surface area contributed by atoms with Crippen molar-refractivity contribution in [1.82, 2.24) is 0 Å². The number of hydrogen-bond acceptors (Lipinski definition) is 2. The van der Waals surface area contributed by atoms with Crippen LogP contribution in [0.5, 0.6) is 0 Å². The Hall–Kier alpha value is -0.870. The Morgan fingerprint density at radius 2 is 2.06 bits per heavy atom. The molecule has 1 saturated carbocycles. The van der Waals surface area contributed by atoms with Crippen LogP contribution in [0.2, 0.25) is 0 Å². The van der Waals surface area contributed by atoms with Gasteiger partial charge in [-0.15, -0.1) is 0 Å². The molecule has 3 nitrogen and oxygen atoms in total. The van der Waals surface area contributed by atoms with Crippen LogP contribution in [0.25, 0.3) is 0 Å². The first kappa shape index (κ1) is 10.3. The van der Waals surface area contributed by atoms with E-state index in [0.717, 1.165) is 16.6 Å². The second-order valence-corrected chi connectivity index (χ2v) is 5.41. The molecule has 4 heteroatoms. The van der Waals surface area contributed by atoms with Crippen LogP contribution in [0, 0.1) is 11.8 Å². The summed E-state index contributed by atoms with van der Waals surface area (Å²) in [5.41, 5.74) is 6.74. The predicted octanol–water partition coefficient (Wildman–Crippen LogP) is 1.76. The normalized spacial score (nSPS) is 31.8. The van der Waals surface area contributed by atoms with E-state index in [1.807, 2.05) is 29.2 Å². The minimum absolute atomic E-state index is 0.207. The number of anilines is 1. The van der Waals surface area contributed by atoms with Gasteiger partial charge in [0.25, 0.3) is 0 Å². The highest BCUT2D eigenvalue weighted by molar-refractivity contribution is 9.10. The molecule has 1 aliphatic heterocycles. The predicted molar refractivity (Wildman–Crippen MR) is 66.1 cm³/mol. The zero-order chi connectivity index (χ0) is 11.3. The van der Waals surface area contributed by atoms with Crippen molar-refractivity contribution in [3.8, 4) is 0 Å². The first-order valence-corrected chi connectivity index (χ1v) is 6.30. The van der Waals surface area contributed by atoms with Gasteiger partial charge in [-0.05, 0) is 36.6 Å². The van der Waals surface area contributed by atoms with Crippen molar-refractivity contribution in [2.24, 2.45) is 17.6 Å². The Labute approximate surface area is 103 Å². The number of fused-ring (bicyclic) bond motifs is 1. The van der Waals surface area contributed by atoms with Crippen molar-refractivity contribution < 1.29 is 4.79 Å². The molecule has 1 aromatic carbocycles. The lowest BCUT2D eigenvalue weighted by Crippen LogP contribution is -2.41. The summed E-state index contributed by atoms with van der Waals surface area (Å²) in [6, 6.07) is 8.06. The maximum Gasteiger partial charge on any atom is 0.230 e. The average molecular weight is 281 g/mol. The summed E-state index contributed by atoms with van der Waals surface area (Å²) in [4.78, 5) is 13.9. The third-order valence-corrected chi connectivity index (χ3v) is 4.10. The van der Waals surface area contributed by atoms with E-state index in [1.54, 1.807) is 0 Å². The molecule has 1 saturated heterocycles. The topological polar surface area (TPSA) is 46.3 Å². The van der Waals surface area contributed by atoms with Gasteiger partial charge in [-0.3, -0.25) is 4.79 Å². The smallest absolute Gasteiger partial charge is 0.230 e. The molecule has 3 rings (SSSR count). The summed E-state index contributed by atoms with van der Waals surface area (Å²) in [6.45, 7) is 0.559. The molecule has 3 unspecified atom stereocenters. The van der Waals surface area contributed by atoms with Crippen molar-refractivity contribution in [3.05, 3.63) is 28.7 Å². The van der Waals surface area contributed by atoms with Gasteiger partial charge in [0.05, 0.1) is 6.04 Å². The average Bonchev–Trinajstić information content (AvgIpc) is 3.02. The number of amides is 1. The molecule has 1 aromatic rings. The Bertz CT molecular complexity index is 431. The van der Waals surface area contributed by atoms with Gasteiger partial charge in [0.1, 0.15) is 0 Å². The van der Waals surface area contributed by atoms with Crippen molar-refractivity contribution in [2.45, 2.75) is 12.5 Å².